The maximum atomic E-state index is 12.9. The average molecular weight is 493 g/mol. The third-order valence-corrected chi connectivity index (χ3v) is 6.77. The molecule has 2 aromatic carbocycles. The molecule has 5 rings (SSSR count). The van der Waals surface area contributed by atoms with Crippen molar-refractivity contribution in [3.05, 3.63) is 101 Å². The van der Waals surface area contributed by atoms with E-state index >= 15 is 0 Å². The van der Waals surface area contributed by atoms with E-state index in [4.69, 9.17) is 9.68 Å². The summed E-state index contributed by atoms with van der Waals surface area (Å²) in [4.78, 5) is 31.7. The van der Waals surface area contributed by atoms with Crippen LogP contribution in [0.25, 0.3) is 11.0 Å². The first-order valence-corrected chi connectivity index (χ1v) is 12.5. The molecule has 0 bridgehead atoms. The average Bonchev–Trinajstić information content (AvgIpc) is 3.34. The van der Waals surface area contributed by atoms with Crippen molar-refractivity contribution in [2.45, 2.75) is 38.3 Å². The molecule has 37 heavy (non-hydrogen) atoms. The van der Waals surface area contributed by atoms with Crippen LogP contribution in [0.1, 0.15) is 45.7 Å². The molecule has 3 heterocycles. The lowest BCUT2D eigenvalue weighted by molar-refractivity contribution is -0.117. The number of hydrogen-bond donors (Lipinski definition) is 1. The Labute approximate surface area is 215 Å². The van der Waals surface area contributed by atoms with Gasteiger partial charge in [-0.1, -0.05) is 18.2 Å². The summed E-state index contributed by atoms with van der Waals surface area (Å²) >= 11 is 0. The molecule has 1 N–H and O–H groups in total. The molecule has 1 aliphatic rings. The zero-order chi connectivity index (χ0) is 25.6. The van der Waals surface area contributed by atoms with Gasteiger partial charge in [0.2, 0.25) is 0 Å². The van der Waals surface area contributed by atoms with Crippen LogP contribution in [0.5, 0.6) is 0 Å². The number of hydrogen-bond acceptors (Lipinski definition) is 6. The van der Waals surface area contributed by atoms with E-state index in [9.17, 15) is 9.59 Å². The predicted molar refractivity (Wildman–Crippen MR) is 140 cm³/mol. The second kappa shape index (κ2) is 11.2. The lowest BCUT2D eigenvalue weighted by atomic mass is 10.0. The van der Waals surface area contributed by atoms with Gasteiger partial charge in [0.25, 0.3) is 5.91 Å². The number of piperidine rings is 1. The Kier molecular flexibility index (Phi) is 7.38. The van der Waals surface area contributed by atoms with Gasteiger partial charge >= 0.3 is 0 Å². The third-order valence-electron chi connectivity index (χ3n) is 6.77. The molecule has 7 heteroatoms. The molecule has 4 aromatic rings. The Balaban J connectivity index is 1.13. The van der Waals surface area contributed by atoms with Gasteiger partial charge in [0.1, 0.15) is 11.4 Å². The fourth-order valence-electron chi connectivity index (χ4n) is 4.77. The smallest absolute Gasteiger partial charge is 0.287 e. The Morgan fingerprint density at radius 3 is 2.38 bits per heavy atom. The molecule has 1 aliphatic heterocycles. The minimum Gasteiger partial charge on any atom is -0.451 e. The van der Waals surface area contributed by atoms with Crippen molar-refractivity contribution in [3.63, 3.8) is 0 Å². The number of fused-ring (bicyclic) bond motifs is 1. The first-order valence-electron chi connectivity index (χ1n) is 12.5. The second-order valence-corrected chi connectivity index (χ2v) is 9.56. The predicted octanol–water partition coefficient (Wildman–Crippen LogP) is 4.45. The third kappa shape index (κ3) is 6.29. The molecule has 0 spiro atoms. The summed E-state index contributed by atoms with van der Waals surface area (Å²) < 4.78 is 5.81. The summed E-state index contributed by atoms with van der Waals surface area (Å²) in [5.41, 5.74) is 4.33. The summed E-state index contributed by atoms with van der Waals surface area (Å²) in [7, 11) is 0. The van der Waals surface area contributed by atoms with E-state index in [1.165, 1.54) is 5.56 Å². The molecular formula is C30H28N4O3. The number of nitriles is 1. The maximum Gasteiger partial charge on any atom is 0.287 e. The quantitative estimate of drug-likeness (QED) is 0.390. The van der Waals surface area contributed by atoms with Gasteiger partial charge < -0.3 is 9.73 Å². The minimum absolute atomic E-state index is 0.0966. The Morgan fingerprint density at radius 1 is 0.946 bits per heavy atom. The van der Waals surface area contributed by atoms with Crippen molar-refractivity contribution in [1.29, 1.82) is 5.26 Å². The van der Waals surface area contributed by atoms with Gasteiger partial charge in [-0.3, -0.25) is 19.5 Å². The van der Waals surface area contributed by atoms with Gasteiger partial charge in [-0.2, -0.15) is 5.26 Å². The Hall–Kier alpha value is -4.28. The molecule has 0 saturated carbocycles. The number of carbonyl (C=O) groups is 2. The lowest BCUT2D eigenvalue weighted by Gasteiger charge is -2.32. The van der Waals surface area contributed by atoms with Gasteiger partial charge in [0.05, 0.1) is 11.6 Å². The number of nitrogens with one attached hydrogen (secondary N) is 1. The highest BCUT2D eigenvalue weighted by molar-refractivity contribution is 5.96. The van der Waals surface area contributed by atoms with E-state index in [2.05, 4.69) is 21.3 Å². The number of likely N-dealkylation sites (tertiary alicyclic amines) is 1. The van der Waals surface area contributed by atoms with Crippen molar-refractivity contribution in [2.75, 3.05) is 13.1 Å². The lowest BCUT2D eigenvalue weighted by Crippen LogP contribution is -2.44. The van der Waals surface area contributed by atoms with Crippen LogP contribution in [0.15, 0.2) is 77.5 Å². The van der Waals surface area contributed by atoms with Crippen molar-refractivity contribution >= 4 is 22.7 Å². The Morgan fingerprint density at radius 2 is 1.65 bits per heavy atom. The highest BCUT2D eigenvalue weighted by atomic mass is 16.3. The second-order valence-electron chi connectivity index (χ2n) is 9.56. The number of benzene rings is 2. The van der Waals surface area contributed by atoms with Crippen LogP contribution in [-0.2, 0) is 24.2 Å². The summed E-state index contributed by atoms with van der Waals surface area (Å²) in [5, 5.41) is 12.9. The standard InChI is InChI=1S/C30H28N4O3/c31-19-22-1-3-23(4-2-22)20-34-13-9-26(10-14-34)33-30(36)29-18-25-15-24(5-6-28(25)37-29)17-27(35)16-21-7-11-32-12-8-21/h1-8,11-12,15,18,26H,9-10,13-14,16-17,20H2,(H,33,36). The van der Waals surface area contributed by atoms with E-state index < -0.39 is 0 Å². The van der Waals surface area contributed by atoms with E-state index in [1.54, 1.807) is 18.5 Å². The van der Waals surface area contributed by atoms with Crippen LogP contribution >= 0.6 is 0 Å². The number of rotatable bonds is 8. The highest BCUT2D eigenvalue weighted by Gasteiger charge is 2.23. The summed E-state index contributed by atoms with van der Waals surface area (Å²) in [5.74, 6) is 0.199. The molecule has 0 radical (unpaired) electrons. The van der Waals surface area contributed by atoms with E-state index in [1.807, 2.05) is 54.6 Å². The molecule has 0 unspecified atom stereocenters. The van der Waals surface area contributed by atoms with Crippen LogP contribution in [-0.4, -0.2) is 40.7 Å². The van der Waals surface area contributed by atoms with Crippen LogP contribution in [0, 0.1) is 11.3 Å². The van der Waals surface area contributed by atoms with Crippen LogP contribution < -0.4 is 5.32 Å². The fourth-order valence-corrected chi connectivity index (χ4v) is 4.77. The molecule has 1 fully saturated rings. The van der Waals surface area contributed by atoms with Gasteiger partial charge in [0, 0.05) is 56.3 Å². The summed E-state index contributed by atoms with van der Waals surface area (Å²) in [6.45, 7) is 2.62. The first-order chi connectivity index (χ1) is 18.1. The van der Waals surface area contributed by atoms with Crippen molar-refractivity contribution in [1.82, 2.24) is 15.2 Å². The zero-order valence-electron chi connectivity index (χ0n) is 20.5. The molecule has 186 valence electrons. The molecule has 1 saturated heterocycles. The number of amides is 1. The molecule has 0 aliphatic carbocycles. The molecule has 0 atom stereocenters. The minimum atomic E-state index is -0.211. The number of ketones is 1. The summed E-state index contributed by atoms with van der Waals surface area (Å²) in [6.07, 6.45) is 5.80. The topological polar surface area (TPSA) is 99.2 Å². The number of carbonyl (C=O) groups excluding carboxylic acids is 2. The van der Waals surface area contributed by atoms with Gasteiger partial charge in [-0.05, 0) is 72.0 Å². The molecule has 7 nitrogen and oxygen atoms in total. The van der Waals surface area contributed by atoms with Gasteiger partial charge in [-0.15, -0.1) is 0 Å². The molecular weight excluding hydrogens is 464 g/mol. The maximum absolute atomic E-state index is 12.9. The largest absolute Gasteiger partial charge is 0.451 e. The van der Waals surface area contributed by atoms with Crippen molar-refractivity contribution in [2.24, 2.45) is 0 Å². The monoisotopic (exact) mass is 492 g/mol. The number of pyridine rings is 1. The van der Waals surface area contributed by atoms with Crippen LogP contribution in [0.2, 0.25) is 0 Å². The van der Waals surface area contributed by atoms with E-state index in [0.29, 0.717) is 24.0 Å². The van der Waals surface area contributed by atoms with E-state index in [-0.39, 0.29) is 23.5 Å². The first kappa shape index (κ1) is 24.4. The Bertz CT molecular complexity index is 1430. The number of furan rings is 1. The molecule has 1 amide bonds. The van der Waals surface area contributed by atoms with E-state index in [0.717, 1.165) is 49.0 Å². The number of Topliss-reactive ketones (excluding diaryl/α,β-unsaturated/α-hetero) is 1. The molecule has 2 aromatic heterocycles. The fraction of sp³-hybridized carbons (Fsp3) is 0.267. The zero-order valence-corrected chi connectivity index (χ0v) is 20.5. The summed E-state index contributed by atoms with van der Waals surface area (Å²) in [6, 6.07) is 21.0. The van der Waals surface area contributed by atoms with Crippen LogP contribution in [0.4, 0.5) is 0 Å². The van der Waals surface area contributed by atoms with Crippen molar-refractivity contribution < 1.29 is 14.0 Å². The highest BCUT2D eigenvalue weighted by Crippen LogP contribution is 2.22. The van der Waals surface area contributed by atoms with Crippen molar-refractivity contribution in [3.8, 4) is 6.07 Å². The number of aromatic nitrogens is 1. The van der Waals surface area contributed by atoms with Gasteiger partial charge in [-0.25, -0.2) is 0 Å². The van der Waals surface area contributed by atoms with Gasteiger partial charge in [0.15, 0.2) is 5.76 Å². The normalized spacial score (nSPS) is 14.4. The van der Waals surface area contributed by atoms with Crippen LogP contribution in [0.3, 0.4) is 0 Å². The number of nitrogens with zero attached hydrogens (tertiary/aromatic N) is 3. The SMILES string of the molecule is N#Cc1ccc(CN2CCC(NC(=O)c3cc4cc(CC(=O)Cc5ccncc5)ccc4o3)CC2)cc1.